The van der Waals surface area contributed by atoms with Crippen LogP contribution in [0.15, 0.2) is 24.3 Å². The Morgan fingerprint density at radius 1 is 1.19 bits per heavy atom. The van der Waals surface area contributed by atoms with Crippen LogP contribution in [-0.4, -0.2) is 73.6 Å². The number of aliphatic hydroxyl groups is 1. The zero-order valence-corrected chi connectivity index (χ0v) is 15.3. The van der Waals surface area contributed by atoms with Gasteiger partial charge in [0.2, 0.25) is 0 Å². The van der Waals surface area contributed by atoms with Crippen molar-refractivity contribution in [3.05, 3.63) is 30.1 Å². The number of ether oxygens (including phenoxy) is 1. The molecule has 4 rings (SSSR count). The molecule has 0 aromatic heterocycles. The molecule has 0 saturated carbocycles. The van der Waals surface area contributed by atoms with Gasteiger partial charge in [0.1, 0.15) is 5.82 Å². The maximum absolute atomic E-state index is 13.4. The Hall–Kier alpha value is -1.21. The number of nitrogens with one attached hydrogen (secondary N) is 1. The van der Waals surface area contributed by atoms with Crippen LogP contribution in [0.25, 0.3) is 0 Å². The number of anilines is 1. The first-order chi connectivity index (χ1) is 12.7. The van der Waals surface area contributed by atoms with Crippen molar-refractivity contribution in [1.82, 2.24) is 10.2 Å². The lowest BCUT2D eigenvalue weighted by Gasteiger charge is -2.35. The molecule has 3 aliphatic heterocycles. The molecule has 3 aliphatic rings. The standard InChI is InChI=1S/C20H30FN3O2/c21-15-2-1-3-18(10-15)23-7-4-16(5-8-23)22-17-11-19-14-26-20(6-9-25)13-24(19)12-17/h1-3,10,16-17,19-20,22,25H,4-9,11-14H2/t17-,19+,20+/m1/s1. The molecular formula is C20H30FN3O2. The molecule has 2 N–H and O–H groups in total. The highest BCUT2D eigenvalue weighted by Crippen LogP contribution is 2.26. The number of fused-ring (bicyclic) bond motifs is 1. The highest BCUT2D eigenvalue weighted by molar-refractivity contribution is 5.46. The summed E-state index contributed by atoms with van der Waals surface area (Å²) in [6.45, 7) is 4.97. The fraction of sp³-hybridized carbons (Fsp3) is 0.700. The Balaban J connectivity index is 1.24. The first-order valence-electron chi connectivity index (χ1n) is 9.94. The van der Waals surface area contributed by atoms with Crippen molar-refractivity contribution < 1.29 is 14.2 Å². The number of halogens is 1. The summed E-state index contributed by atoms with van der Waals surface area (Å²) in [4.78, 5) is 4.82. The van der Waals surface area contributed by atoms with Crippen LogP contribution >= 0.6 is 0 Å². The van der Waals surface area contributed by atoms with Crippen molar-refractivity contribution in [3.63, 3.8) is 0 Å². The van der Waals surface area contributed by atoms with Crippen molar-refractivity contribution in [2.24, 2.45) is 0 Å². The van der Waals surface area contributed by atoms with Crippen LogP contribution in [0.4, 0.5) is 10.1 Å². The summed E-state index contributed by atoms with van der Waals surface area (Å²) in [7, 11) is 0. The van der Waals surface area contributed by atoms with Crippen molar-refractivity contribution >= 4 is 5.69 Å². The topological polar surface area (TPSA) is 48.0 Å². The second kappa shape index (κ2) is 8.21. The fourth-order valence-electron chi connectivity index (χ4n) is 4.69. The number of aliphatic hydroxyl groups excluding tert-OH is 1. The maximum Gasteiger partial charge on any atom is 0.125 e. The lowest BCUT2D eigenvalue weighted by atomic mass is 10.0. The maximum atomic E-state index is 13.4. The third-order valence-corrected chi connectivity index (χ3v) is 6.08. The zero-order chi connectivity index (χ0) is 17.9. The van der Waals surface area contributed by atoms with Gasteiger partial charge in [-0.15, -0.1) is 0 Å². The van der Waals surface area contributed by atoms with E-state index in [-0.39, 0.29) is 18.5 Å². The normalized spacial score (nSPS) is 30.5. The molecule has 0 bridgehead atoms. The molecular weight excluding hydrogens is 333 g/mol. The molecule has 144 valence electrons. The Labute approximate surface area is 155 Å². The Bertz CT molecular complexity index is 594. The molecule has 0 amide bonds. The van der Waals surface area contributed by atoms with Gasteiger partial charge in [0.15, 0.2) is 0 Å². The quantitative estimate of drug-likeness (QED) is 0.832. The average Bonchev–Trinajstić information content (AvgIpc) is 3.04. The van der Waals surface area contributed by atoms with Crippen LogP contribution in [0.2, 0.25) is 0 Å². The molecule has 5 nitrogen and oxygen atoms in total. The number of hydrogen-bond acceptors (Lipinski definition) is 5. The molecule has 1 aromatic carbocycles. The van der Waals surface area contributed by atoms with Crippen LogP contribution in [0.1, 0.15) is 25.7 Å². The lowest BCUT2D eigenvalue weighted by Crippen LogP contribution is -2.48. The van der Waals surface area contributed by atoms with Crippen LogP contribution in [0.3, 0.4) is 0 Å². The van der Waals surface area contributed by atoms with E-state index in [9.17, 15) is 4.39 Å². The highest BCUT2D eigenvalue weighted by Gasteiger charge is 2.38. The molecule has 3 fully saturated rings. The molecule has 3 saturated heterocycles. The predicted octanol–water partition coefficient (Wildman–Crippen LogP) is 1.61. The molecule has 0 aliphatic carbocycles. The van der Waals surface area contributed by atoms with E-state index in [0.29, 0.717) is 18.1 Å². The minimum Gasteiger partial charge on any atom is -0.396 e. The first-order valence-corrected chi connectivity index (χ1v) is 9.94. The van der Waals surface area contributed by atoms with Gasteiger partial charge in [0, 0.05) is 56.6 Å². The second-order valence-corrected chi connectivity index (χ2v) is 7.92. The monoisotopic (exact) mass is 363 g/mol. The van der Waals surface area contributed by atoms with Crippen LogP contribution in [0, 0.1) is 5.82 Å². The van der Waals surface area contributed by atoms with Gasteiger partial charge in [-0.25, -0.2) is 4.39 Å². The molecule has 3 heterocycles. The number of benzene rings is 1. The van der Waals surface area contributed by atoms with Gasteiger partial charge in [0.05, 0.1) is 12.7 Å². The minimum atomic E-state index is -0.160. The van der Waals surface area contributed by atoms with Crippen molar-refractivity contribution in [3.8, 4) is 0 Å². The number of piperidine rings is 1. The molecule has 0 radical (unpaired) electrons. The van der Waals surface area contributed by atoms with Gasteiger partial charge in [-0.3, -0.25) is 4.90 Å². The van der Waals surface area contributed by atoms with Crippen LogP contribution in [0.5, 0.6) is 0 Å². The SMILES string of the molecule is OCC[C@H]1CN2C[C@H](NC3CCN(c4cccc(F)c4)CC3)C[C@H]2CO1. The average molecular weight is 363 g/mol. The molecule has 1 aromatic rings. The van der Waals surface area contributed by atoms with Crippen molar-refractivity contribution in [2.45, 2.75) is 49.9 Å². The van der Waals surface area contributed by atoms with Crippen molar-refractivity contribution in [1.29, 1.82) is 0 Å². The van der Waals surface area contributed by atoms with Gasteiger partial charge in [-0.1, -0.05) is 6.07 Å². The smallest absolute Gasteiger partial charge is 0.125 e. The summed E-state index contributed by atoms with van der Waals surface area (Å²) < 4.78 is 19.3. The Kier molecular flexibility index (Phi) is 5.74. The molecule has 6 heteroatoms. The zero-order valence-electron chi connectivity index (χ0n) is 15.3. The Morgan fingerprint density at radius 2 is 2.04 bits per heavy atom. The lowest BCUT2D eigenvalue weighted by molar-refractivity contribution is -0.0567. The Morgan fingerprint density at radius 3 is 2.81 bits per heavy atom. The van der Waals surface area contributed by atoms with E-state index in [1.165, 1.54) is 6.07 Å². The number of rotatable bonds is 5. The minimum absolute atomic E-state index is 0.160. The molecule has 0 spiro atoms. The van der Waals surface area contributed by atoms with Crippen LogP contribution in [-0.2, 0) is 4.74 Å². The third-order valence-electron chi connectivity index (χ3n) is 6.08. The highest BCUT2D eigenvalue weighted by atomic mass is 19.1. The molecule has 26 heavy (non-hydrogen) atoms. The van der Waals surface area contributed by atoms with Crippen molar-refractivity contribution in [2.75, 3.05) is 44.3 Å². The summed E-state index contributed by atoms with van der Waals surface area (Å²) in [6.07, 6.45) is 4.27. The first kappa shape index (κ1) is 18.2. The van der Waals surface area contributed by atoms with E-state index in [2.05, 4.69) is 15.1 Å². The van der Waals surface area contributed by atoms with E-state index in [0.717, 1.165) is 64.2 Å². The molecule has 3 atom stereocenters. The predicted molar refractivity (Wildman–Crippen MR) is 100.0 cm³/mol. The largest absolute Gasteiger partial charge is 0.396 e. The number of morpholine rings is 1. The van der Waals surface area contributed by atoms with Gasteiger partial charge in [0.25, 0.3) is 0 Å². The third kappa shape index (κ3) is 4.19. The number of nitrogens with zero attached hydrogens (tertiary/aromatic N) is 2. The summed E-state index contributed by atoms with van der Waals surface area (Å²) in [6, 6.07) is 8.51. The molecule has 0 unspecified atom stereocenters. The van der Waals surface area contributed by atoms with Gasteiger partial charge in [-0.05, 0) is 43.9 Å². The summed E-state index contributed by atoms with van der Waals surface area (Å²) in [5, 5.41) is 13.0. The van der Waals surface area contributed by atoms with E-state index >= 15 is 0 Å². The van der Waals surface area contributed by atoms with Gasteiger partial charge >= 0.3 is 0 Å². The summed E-state index contributed by atoms with van der Waals surface area (Å²) in [5.41, 5.74) is 0.994. The van der Waals surface area contributed by atoms with E-state index in [4.69, 9.17) is 9.84 Å². The van der Waals surface area contributed by atoms with E-state index < -0.39 is 0 Å². The summed E-state index contributed by atoms with van der Waals surface area (Å²) in [5.74, 6) is -0.160. The summed E-state index contributed by atoms with van der Waals surface area (Å²) >= 11 is 0. The van der Waals surface area contributed by atoms with Crippen LogP contribution < -0.4 is 10.2 Å². The fourth-order valence-corrected chi connectivity index (χ4v) is 4.69. The van der Waals surface area contributed by atoms with Gasteiger partial charge < -0.3 is 20.1 Å². The van der Waals surface area contributed by atoms with Gasteiger partial charge in [-0.2, -0.15) is 0 Å². The van der Waals surface area contributed by atoms with E-state index in [1.807, 2.05) is 6.07 Å². The number of hydrogen-bond donors (Lipinski definition) is 2. The second-order valence-electron chi connectivity index (χ2n) is 7.92. The van der Waals surface area contributed by atoms with E-state index in [1.54, 1.807) is 12.1 Å².